The fourth-order valence-corrected chi connectivity index (χ4v) is 1.98. The number of carboxylic acids is 1. The molecule has 3 nitrogen and oxygen atoms in total. The molecule has 0 aromatic heterocycles. The summed E-state index contributed by atoms with van der Waals surface area (Å²) in [4.78, 5) is 10.4. The molecule has 1 fully saturated rings. The van der Waals surface area contributed by atoms with E-state index in [2.05, 4.69) is 12.2 Å². The number of hydrogen-bond donors (Lipinski definition) is 2. The van der Waals surface area contributed by atoms with Gasteiger partial charge < -0.3 is 10.4 Å². The topological polar surface area (TPSA) is 49.3 Å². The van der Waals surface area contributed by atoms with Gasteiger partial charge in [-0.2, -0.15) is 0 Å². The van der Waals surface area contributed by atoms with Gasteiger partial charge in [0, 0.05) is 12.5 Å². The Labute approximate surface area is 73.2 Å². The molecular formula is C9H17NO2. The number of nitrogens with one attached hydrogen (secondary N) is 1. The number of hydrogen-bond acceptors (Lipinski definition) is 2. The predicted molar refractivity (Wildman–Crippen MR) is 47.1 cm³/mol. The van der Waals surface area contributed by atoms with E-state index in [4.69, 9.17) is 5.11 Å². The fraction of sp³-hybridized carbons (Fsp3) is 0.889. The molecule has 0 aliphatic heterocycles. The fourth-order valence-electron chi connectivity index (χ4n) is 1.98. The first-order valence-electron chi connectivity index (χ1n) is 4.67. The molecular weight excluding hydrogens is 154 g/mol. The predicted octanol–water partition coefficient (Wildman–Crippen LogP) is 1.24. The van der Waals surface area contributed by atoms with Gasteiger partial charge in [0.05, 0.1) is 0 Å². The number of carboxylic acid groups (broad SMARTS) is 1. The molecule has 0 radical (unpaired) electrons. The average Bonchev–Trinajstić information content (AvgIpc) is 2.36. The molecule has 0 heterocycles. The monoisotopic (exact) mass is 171 g/mol. The Morgan fingerprint density at radius 3 is 2.92 bits per heavy atom. The summed E-state index contributed by atoms with van der Waals surface area (Å²) in [5.74, 6) is -0.247. The Balaban J connectivity index is 2.21. The second-order valence-corrected chi connectivity index (χ2v) is 3.53. The number of aliphatic carboxylic acids is 1. The standard InChI is InChI=1S/C9H17NO2/c1-2-10-8-4-3-7(5-8)6-9(11)12/h7-8,10H,2-6H2,1H3,(H,11,12). The zero-order chi connectivity index (χ0) is 8.97. The first-order valence-corrected chi connectivity index (χ1v) is 4.67. The van der Waals surface area contributed by atoms with Crippen LogP contribution >= 0.6 is 0 Å². The van der Waals surface area contributed by atoms with E-state index < -0.39 is 5.97 Å². The van der Waals surface area contributed by atoms with Gasteiger partial charge in [0.15, 0.2) is 0 Å². The van der Waals surface area contributed by atoms with Crippen molar-refractivity contribution in [1.82, 2.24) is 5.32 Å². The lowest BCUT2D eigenvalue weighted by Crippen LogP contribution is -2.25. The van der Waals surface area contributed by atoms with Gasteiger partial charge in [-0.25, -0.2) is 0 Å². The van der Waals surface area contributed by atoms with Crippen LogP contribution in [0.1, 0.15) is 32.6 Å². The summed E-state index contributed by atoms with van der Waals surface area (Å²) in [5.41, 5.74) is 0. The van der Waals surface area contributed by atoms with Crippen LogP contribution in [0.25, 0.3) is 0 Å². The molecule has 1 saturated carbocycles. The van der Waals surface area contributed by atoms with Crippen molar-refractivity contribution in [3.8, 4) is 0 Å². The highest BCUT2D eigenvalue weighted by atomic mass is 16.4. The zero-order valence-corrected chi connectivity index (χ0v) is 7.55. The molecule has 1 rings (SSSR count). The Morgan fingerprint density at radius 1 is 1.58 bits per heavy atom. The van der Waals surface area contributed by atoms with Gasteiger partial charge in [-0.1, -0.05) is 6.92 Å². The van der Waals surface area contributed by atoms with Crippen LogP contribution in [0.2, 0.25) is 0 Å². The van der Waals surface area contributed by atoms with Crippen molar-refractivity contribution in [2.45, 2.75) is 38.6 Å². The molecule has 3 heteroatoms. The summed E-state index contributed by atoms with van der Waals surface area (Å²) in [6.07, 6.45) is 3.61. The molecule has 1 aliphatic carbocycles. The largest absolute Gasteiger partial charge is 0.481 e. The van der Waals surface area contributed by atoms with Crippen LogP contribution in [-0.2, 0) is 4.79 Å². The van der Waals surface area contributed by atoms with E-state index in [1.165, 1.54) is 0 Å². The first-order chi connectivity index (χ1) is 5.72. The number of carbonyl (C=O) groups is 1. The Morgan fingerprint density at radius 2 is 2.33 bits per heavy atom. The van der Waals surface area contributed by atoms with Crippen LogP contribution in [0.15, 0.2) is 0 Å². The van der Waals surface area contributed by atoms with E-state index in [9.17, 15) is 4.79 Å². The minimum atomic E-state index is -0.655. The third-order valence-corrected chi connectivity index (χ3v) is 2.50. The van der Waals surface area contributed by atoms with Gasteiger partial charge in [-0.05, 0) is 31.7 Å². The first kappa shape index (κ1) is 9.52. The van der Waals surface area contributed by atoms with Crippen LogP contribution in [0.4, 0.5) is 0 Å². The van der Waals surface area contributed by atoms with Crippen LogP contribution in [-0.4, -0.2) is 23.7 Å². The van der Waals surface area contributed by atoms with Gasteiger partial charge in [-0.3, -0.25) is 4.79 Å². The summed E-state index contributed by atoms with van der Waals surface area (Å²) in [6, 6.07) is 0.569. The van der Waals surface area contributed by atoms with Crippen molar-refractivity contribution in [2.75, 3.05) is 6.54 Å². The summed E-state index contributed by atoms with van der Waals surface area (Å²) in [5, 5.41) is 11.9. The van der Waals surface area contributed by atoms with Crippen molar-refractivity contribution < 1.29 is 9.90 Å². The van der Waals surface area contributed by atoms with Crippen molar-refractivity contribution >= 4 is 5.97 Å². The molecule has 70 valence electrons. The molecule has 2 N–H and O–H groups in total. The lowest BCUT2D eigenvalue weighted by atomic mass is 10.0. The maximum atomic E-state index is 10.4. The molecule has 0 aromatic carbocycles. The lowest BCUT2D eigenvalue weighted by Gasteiger charge is -2.09. The maximum absolute atomic E-state index is 10.4. The summed E-state index contributed by atoms with van der Waals surface area (Å²) in [6.45, 7) is 3.08. The van der Waals surface area contributed by atoms with E-state index in [1.807, 2.05) is 0 Å². The third kappa shape index (κ3) is 2.81. The van der Waals surface area contributed by atoms with Crippen LogP contribution in [0, 0.1) is 5.92 Å². The van der Waals surface area contributed by atoms with E-state index in [0.29, 0.717) is 18.4 Å². The second kappa shape index (κ2) is 4.45. The van der Waals surface area contributed by atoms with Crippen LogP contribution in [0.3, 0.4) is 0 Å². The normalized spacial score (nSPS) is 29.1. The molecule has 12 heavy (non-hydrogen) atoms. The van der Waals surface area contributed by atoms with Crippen molar-refractivity contribution in [3.05, 3.63) is 0 Å². The van der Waals surface area contributed by atoms with Gasteiger partial charge in [-0.15, -0.1) is 0 Å². The maximum Gasteiger partial charge on any atom is 0.303 e. The van der Waals surface area contributed by atoms with Gasteiger partial charge in [0.25, 0.3) is 0 Å². The van der Waals surface area contributed by atoms with Gasteiger partial charge in [0.2, 0.25) is 0 Å². The van der Waals surface area contributed by atoms with E-state index in [0.717, 1.165) is 25.8 Å². The molecule has 0 aromatic rings. The molecule has 0 amide bonds. The average molecular weight is 171 g/mol. The molecule has 2 unspecified atom stereocenters. The molecule has 0 bridgehead atoms. The SMILES string of the molecule is CCNC1CCC(CC(=O)O)C1. The summed E-state index contributed by atoms with van der Waals surface area (Å²) >= 11 is 0. The zero-order valence-electron chi connectivity index (χ0n) is 7.55. The van der Waals surface area contributed by atoms with Crippen molar-refractivity contribution in [2.24, 2.45) is 5.92 Å². The van der Waals surface area contributed by atoms with Gasteiger partial charge in [0.1, 0.15) is 0 Å². The molecule has 0 spiro atoms. The minimum absolute atomic E-state index is 0.349. The third-order valence-electron chi connectivity index (χ3n) is 2.50. The van der Waals surface area contributed by atoms with Crippen molar-refractivity contribution in [1.29, 1.82) is 0 Å². The Hall–Kier alpha value is -0.570. The highest BCUT2D eigenvalue weighted by Crippen LogP contribution is 2.27. The quantitative estimate of drug-likeness (QED) is 0.669. The Bertz CT molecular complexity index is 159. The van der Waals surface area contributed by atoms with Crippen molar-refractivity contribution in [3.63, 3.8) is 0 Å². The molecule has 2 atom stereocenters. The minimum Gasteiger partial charge on any atom is -0.481 e. The lowest BCUT2D eigenvalue weighted by molar-refractivity contribution is -0.138. The van der Waals surface area contributed by atoms with E-state index in [-0.39, 0.29) is 0 Å². The smallest absolute Gasteiger partial charge is 0.303 e. The summed E-state index contributed by atoms with van der Waals surface area (Å²) < 4.78 is 0. The van der Waals surface area contributed by atoms with E-state index >= 15 is 0 Å². The van der Waals surface area contributed by atoms with Crippen LogP contribution < -0.4 is 5.32 Å². The highest BCUT2D eigenvalue weighted by molar-refractivity contribution is 5.67. The van der Waals surface area contributed by atoms with Gasteiger partial charge >= 0.3 is 5.97 Å². The van der Waals surface area contributed by atoms with Crippen LogP contribution in [0.5, 0.6) is 0 Å². The Kier molecular flexibility index (Phi) is 3.53. The summed E-state index contributed by atoms with van der Waals surface area (Å²) in [7, 11) is 0. The second-order valence-electron chi connectivity index (χ2n) is 3.53. The molecule has 1 aliphatic rings. The molecule has 0 saturated heterocycles. The highest BCUT2D eigenvalue weighted by Gasteiger charge is 2.25. The number of rotatable bonds is 4. The van der Waals surface area contributed by atoms with E-state index in [1.54, 1.807) is 0 Å².